The average Bonchev–Trinajstić information content (AvgIpc) is 2.54. The summed E-state index contributed by atoms with van der Waals surface area (Å²) < 4.78 is 0. The Kier molecular flexibility index (Phi) is 3.20. The second kappa shape index (κ2) is 4.11. The van der Waals surface area contributed by atoms with Crippen LogP contribution in [-0.4, -0.2) is 53.9 Å². The third-order valence-corrected chi connectivity index (χ3v) is 4.98. The molecule has 14 heavy (non-hydrogen) atoms. The number of piperazine rings is 1. The maximum atomic E-state index is 3.61. The number of halogens is 1. The lowest BCUT2D eigenvalue weighted by Gasteiger charge is -2.39. The summed E-state index contributed by atoms with van der Waals surface area (Å²) in [5, 5.41) is 1.10. The lowest BCUT2D eigenvalue weighted by atomic mass is 9.94. The highest BCUT2D eigenvalue weighted by molar-refractivity contribution is 9.09. The number of rotatable bonds is 3. The first kappa shape index (κ1) is 10.9. The molecule has 0 aromatic rings. The molecule has 0 amide bonds. The van der Waals surface area contributed by atoms with Crippen molar-refractivity contribution in [2.45, 2.75) is 26.3 Å². The predicted molar refractivity (Wildman–Crippen MR) is 64.0 cm³/mol. The van der Waals surface area contributed by atoms with E-state index in [0.717, 1.165) is 11.4 Å². The van der Waals surface area contributed by atoms with Gasteiger partial charge in [-0.25, -0.2) is 0 Å². The van der Waals surface area contributed by atoms with E-state index in [9.17, 15) is 0 Å². The van der Waals surface area contributed by atoms with Crippen LogP contribution in [0.25, 0.3) is 0 Å². The summed E-state index contributed by atoms with van der Waals surface area (Å²) in [5.74, 6) is 0. The van der Waals surface area contributed by atoms with Crippen LogP contribution in [0.3, 0.4) is 0 Å². The van der Waals surface area contributed by atoms with Gasteiger partial charge in [-0.15, -0.1) is 0 Å². The van der Waals surface area contributed by atoms with Gasteiger partial charge in [0.15, 0.2) is 0 Å². The molecule has 2 rings (SSSR count). The molecule has 0 saturated carbocycles. The van der Waals surface area contributed by atoms with E-state index in [0.29, 0.717) is 5.41 Å². The van der Waals surface area contributed by atoms with Crippen LogP contribution < -0.4 is 0 Å². The van der Waals surface area contributed by atoms with Gasteiger partial charge in [-0.05, 0) is 18.4 Å². The highest BCUT2D eigenvalue weighted by Crippen LogP contribution is 2.26. The van der Waals surface area contributed by atoms with Crippen molar-refractivity contribution in [2.24, 2.45) is 5.41 Å². The van der Waals surface area contributed by atoms with Crippen molar-refractivity contribution in [3.05, 3.63) is 0 Å². The van der Waals surface area contributed by atoms with E-state index in [1.807, 2.05) is 0 Å². The fraction of sp³-hybridized carbons (Fsp3) is 1.00. The molecule has 2 fully saturated rings. The van der Waals surface area contributed by atoms with Crippen LogP contribution in [0.5, 0.6) is 0 Å². The SMILES string of the molecule is CC(C)(CBr)CN1CCN2CCC1C2. The molecule has 0 aromatic heterocycles. The van der Waals surface area contributed by atoms with Gasteiger partial charge in [0.1, 0.15) is 0 Å². The van der Waals surface area contributed by atoms with E-state index in [2.05, 4.69) is 39.6 Å². The normalized spacial score (nSPS) is 33.6. The van der Waals surface area contributed by atoms with Crippen LogP contribution >= 0.6 is 15.9 Å². The van der Waals surface area contributed by atoms with Gasteiger partial charge in [0.25, 0.3) is 0 Å². The van der Waals surface area contributed by atoms with Crippen molar-refractivity contribution < 1.29 is 0 Å². The van der Waals surface area contributed by atoms with Crippen LogP contribution in [0, 0.1) is 5.41 Å². The zero-order valence-corrected chi connectivity index (χ0v) is 10.9. The molecule has 0 radical (unpaired) electrons. The first-order valence-corrected chi connectivity index (χ1v) is 6.75. The fourth-order valence-corrected chi connectivity index (χ4v) is 2.74. The summed E-state index contributed by atoms with van der Waals surface area (Å²) >= 11 is 3.61. The second-order valence-corrected chi connectivity index (χ2v) is 6.07. The van der Waals surface area contributed by atoms with E-state index >= 15 is 0 Å². The monoisotopic (exact) mass is 260 g/mol. The number of alkyl halides is 1. The standard InChI is InChI=1S/C11H21BrN2/c1-11(2,8-12)9-14-6-5-13-4-3-10(14)7-13/h10H,3-9H2,1-2H3. The molecular weight excluding hydrogens is 240 g/mol. The molecule has 2 unspecified atom stereocenters. The Morgan fingerprint density at radius 2 is 2.07 bits per heavy atom. The molecule has 0 spiro atoms. The van der Waals surface area contributed by atoms with Gasteiger partial charge in [-0.3, -0.25) is 4.90 Å². The number of nitrogens with zero attached hydrogens (tertiary/aromatic N) is 2. The summed E-state index contributed by atoms with van der Waals surface area (Å²) in [6.07, 6.45) is 1.39. The van der Waals surface area contributed by atoms with Crippen molar-refractivity contribution >= 4 is 15.9 Å². The smallest absolute Gasteiger partial charge is 0.0236 e. The lowest BCUT2D eigenvalue weighted by molar-refractivity contribution is 0.0997. The number of fused-ring (bicyclic) bond motifs is 2. The number of hydrogen-bond donors (Lipinski definition) is 0. The maximum Gasteiger partial charge on any atom is 0.0236 e. The summed E-state index contributed by atoms with van der Waals surface area (Å²) in [6.45, 7) is 11.2. The van der Waals surface area contributed by atoms with Gasteiger partial charge in [-0.1, -0.05) is 29.8 Å². The van der Waals surface area contributed by atoms with Crippen LogP contribution in [0.15, 0.2) is 0 Å². The third kappa shape index (κ3) is 2.31. The highest BCUT2D eigenvalue weighted by Gasteiger charge is 2.34. The first-order valence-electron chi connectivity index (χ1n) is 5.63. The van der Waals surface area contributed by atoms with E-state index in [-0.39, 0.29) is 0 Å². The van der Waals surface area contributed by atoms with Gasteiger partial charge in [0.05, 0.1) is 0 Å². The van der Waals surface area contributed by atoms with Crippen LogP contribution in [0.4, 0.5) is 0 Å². The van der Waals surface area contributed by atoms with Gasteiger partial charge in [0.2, 0.25) is 0 Å². The van der Waals surface area contributed by atoms with Crippen molar-refractivity contribution in [1.29, 1.82) is 0 Å². The maximum absolute atomic E-state index is 3.61. The van der Waals surface area contributed by atoms with Crippen molar-refractivity contribution in [2.75, 3.05) is 38.1 Å². The van der Waals surface area contributed by atoms with Gasteiger partial charge in [-0.2, -0.15) is 0 Å². The van der Waals surface area contributed by atoms with Crippen LogP contribution in [0.1, 0.15) is 20.3 Å². The van der Waals surface area contributed by atoms with Gasteiger partial charge < -0.3 is 4.90 Å². The van der Waals surface area contributed by atoms with Crippen molar-refractivity contribution in [3.63, 3.8) is 0 Å². The van der Waals surface area contributed by atoms with E-state index in [1.165, 1.54) is 39.1 Å². The zero-order chi connectivity index (χ0) is 10.2. The molecule has 2 aliphatic heterocycles. The summed E-state index contributed by atoms with van der Waals surface area (Å²) in [5.41, 5.74) is 0.421. The lowest BCUT2D eigenvalue weighted by Crippen LogP contribution is -2.50. The Balaban J connectivity index is 1.92. The Morgan fingerprint density at radius 1 is 1.29 bits per heavy atom. The molecule has 2 heterocycles. The Hall–Kier alpha value is 0.400. The topological polar surface area (TPSA) is 6.48 Å². The molecule has 2 aliphatic rings. The summed E-state index contributed by atoms with van der Waals surface area (Å²) in [4.78, 5) is 5.30. The minimum absolute atomic E-state index is 0.421. The van der Waals surface area contributed by atoms with E-state index < -0.39 is 0 Å². The molecule has 2 nitrogen and oxygen atoms in total. The molecule has 0 aromatic carbocycles. The van der Waals surface area contributed by atoms with E-state index in [4.69, 9.17) is 0 Å². The van der Waals surface area contributed by atoms with Crippen LogP contribution in [0.2, 0.25) is 0 Å². The fourth-order valence-electron chi connectivity index (χ4n) is 2.57. The molecular formula is C11H21BrN2. The molecule has 3 heteroatoms. The third-order valence-electron chi connectivity index (χ3n) is 3.46. The van der Waals surface area contributed by atoms with Crippen molar-refractivity contribution in [3.8, 4) is 0 Å². The van der Waals surface area contributed by atoms with Gasteiger partial charge >= 0.3 is 0 Å². The molecule has 2 bridgehead atoms. The van der Waals surface area contributed by atoms with Gasteiger partial charge in [0, 0.05) is 37.6 Å². The Bertz CT molecular complexity index is 205. The van der Waals surface area contributed by atoms with Crippen LogP contribution in [-0.2, 0) is 0 Å². The molecule has 0 aliphatic carbocycles. The van der Waals surface area contributed by atoms with E-state index in [1.54, 1.807) is 0 Å². The molecule has 2 atom stereocenters. The molecule has 2 saturated heterocycles. The summed E-state index contributed by atoms with van der Waals surface area (Å²) in [7, 11) is 0. The summed E-state index contributed by atoms with van der Waals surface area (Å²) in [6, 6.07) is 0.849. The quantitative estimate of drug-likeness (QED) is 0.715. The largest absolute Gasteiger partial charge is 0.300 e. The minimum atomic E-state index is 0.421. The Labute approximate surface area is 95.8 Å². The second-order valence-electron chi connectivity index (χ2n) is 5.51. The Morgan fingerprint density at radius 3 is 2.79 bits per heavy atom. The minimum Gasteiger partial charge on any atom is -0.300 e. The molecule has 0 N–H and O–H groups in total. The average molecular weight is 261 g/mol. The molecule has 82 valence electrons. The number of hydrogen-bond acceptors (Lipinski definition) is 2. The predicted octanol–water partition coefficient (Wildman–Crippen LogP) is 1.80. The highest BCUT2D eigenvalue weighted by atomic mass is 79.9. The zero-order valence-electron chi connectivity index (χ0n) is 9.30. The first-order chi connectivity index (χ1) is 6.61. The van der Waals surface area contributed by atoms with Crippen molar-refractivity contribution in [1.82, 2.24) is 9.80 Å².